The van der Waals surface area contributed by atoms with Gasteiger partial charge in [0.15, 0.2) is 5.13 Å². The Morgan fingerprint density at radius 3 is 3.06 bits per heavy atom. The summed E-state index contributed by atoms with van der Waals surface area (Å²) < 4.78 is 0. The Kier molecular flexibility index (Phi) is 3.04. The van der Waals surface area contributed by atoms with Gasteiger partial charge < -0.3 is 5.73 Å². The molecule has 94 valence electrons. The zero-order valence-electron chi connectivity index (χ0n) is 10.2. The quantitative estimate of drug-likeness (QED) is 0.851. The lowest BCUT2D eigenvalue weighted by atomic mass is 9.84. The van der Waals surface area contributed by atoms with Gasteiger partial charge in [-0.25, -0.2) is 4.98 Å². The first kappa shape index (κ1) is 12.0. The minimum Gasteiger partial charge on any atom is -0.375 e. The number of benzene rings is 1. The standard InChI is InChI=1S/C14H15ClN2S/c1-8-7-9(15)5-6-10(8)11-3-2-4-12-13(11)18-14(16)17-12/h5-7,11H,2-4H2,1H3,(H2,16,17). The SMILES string of the molecule is Cc1cc(Cl)ccc1C1CCCc2nc(N)sc21. The van der Waals surface area contributed by atoms with E-state index in [1.54, 1.807) is 11.3 Å². The number of aromatic nitrogens is 1. The summed E-state index contributed by atoms with van der Waals surface area (Å²) in [7, 11) is 0. The van der Waals surface area contributed by atoms with Crippen LogP contribution in [0.15, 0.2) is 18.2 Å². The number of fused-ring (bicyclic) bond motifs is 1. The van der Waals surface area contributed by atoms with Crippen LogP contribution >= 0.6 is 22.9 Å². The molecule has 0 aliphatic heterocycles. The molecule has 0 spiro atoms. The number of anilines is 1. The summed E-state index contributed by atoms with van der Waals surface area (Å²) in [6, 6.07) is 6.16. The Morgan fingerprint density at radius 2 is 2.28 bits per heavy atom. The third kappa shape index (κ3) is 2.02. The summed E-state index contributed by atoms with van der Waals surface area (Å²) in [6.07, 6.45) is 3.42. The number of nitrogens with two attached hydrogens (primary N) is 1. The summed E-state index contributed by atoms with van der Waals surface area (Å²) in [5.74, 6) is 0.445. The summed E-state index contributed by atoms with van der Waals surface area (Å²) in [6.45, 7) is 2.12. The van der Waals surface area contributed by atoms with Crippen LogP contribution in [0.3, 0.4) is 0 Å². The number of nitrogens with zero attached hydrogens (tertiary/aromatic N) is 1. The molecule has 1 atom stereocenters. The minimum absolute atomic E-state index is 0.445. The molecule has 0 saturated heterocycles. The van der Waals surface area contributed by atoms with E-state index in [-0.39, 0.29) is 0 Å². The van der Waals surface area contributed by atoms with Crippen molar-refractivity contribution in [1.29, 1.82) is 0 Å². The largest absolute Gasteiger partial charge is 0.375 e. The summed E-state index contributed by atoms with van der Waals surface area (Å²) >= 11 is 7.67. The molecule has 1 aromatic carbocycles. The maximum absolute atomic E-state index is 6.03. The van der Waals surface area contributed by atoms with Crippen LogP contribution in [-0.2, 0) is 6.42 Å². The lowest BCUT2D eigenvalue weighted by molar-refractivity contribution is 0.615. The lowest BCUT2D eigenvalue weighted by Gasteiger charge is -2.23. The first-order chi connectivity index (χ1) is 8.65. The molecule has 2 aromatic rings. The second-order valence-corrected chi connectivity index (χ2v) is 6.31. The van der Waals surface area contributed by atoms with Gasteiger partial charge >= 0.3 is 0 Å². The molecule has 1 unspecified atom stereocenters. The van der Waals surface area contributed by atoms with Crippen LogP contribution in [0.4, 0.5) is 5.13 Å². The monoisotopic (exact) mass is 278 g/mol. The van der Waals surface area contributed by atoms with Crippen molar-refractivity contribution in [3.8, 4) is 0 Å². The number of halogens is 1. The number of nitrogen functional groups attached to an aromatic ring is 1. The van der Waals surface area contributed by atoms with E-state index in [0.29, 0.717) is 11.0 Å². The van der Waals surface area contributed by atoms with E-state index in [1.807, 2.05) is 12.1 Å². The smallest absolute Gasteiger partial charge is 0.180 e. The van der Waals surface area contributed by atoms with Gasteiger partial charge in [-0.2, -0.15) is 0 Å². The molecule has 0 bridgehead atoms. The first-order valence-electron chi connectivity index (χ1n) is 6.16. The molecule has 1 aliphatic rings. The highest BCUT2D eigenvalue weighted by Crippen LogP contribution is 2.41. The average Bonchev–Trinajstić information content (AvgIpc) is 2.69. The molecule has 2 N–H and O–H groups in total. The van der Waals surface area contributed by atoms with Crippen molar-refractivity contribution in [3.05, 3.63) is 44.9 Å². The zero-order valence-corrected chi connectivity index (χ0v) is 11.8. The van der Waals surface area contributed by atoms with E-state index in [1.165, 1.54) is 34.5 Å². The molecule has 2 nitrogen and oxygen atoms in total. The van der Waals surface area contributed by atoms with E-state index < -0.39 is 0 Å². The second-order valence-electron chi connectivity index (χ2n) is 4.81. The fourth-order valence-electron chi connectivity index (χ4n) is 2.77. The maximum Gasteiger partial charge on any atom is 0.180 e. The topological polar surface area (TPSA) is 38.9 Å². The Balaban J connectivity index is 2.07. The maximum atomic E-state index is 6.03. The molecule has 18 heavy (non-hydrogen) atoms. The summed E-state index contributed by atoms with van der Waals surface area (Å²) in [4.78, 5) is 5.80. The van der Waals surface area contributed by atoms with Crippen molar-refractivity contribution in [2.24, 2.45) is 0 Å². The van der Waals surface area contributed by atoms with Crippen molar-refractivity contribution in [2.75, 3.05) is 5.73 Å². The van der Waals surface area contributed by atoms with Crippen LogP contribution in [0.2, 0.25) is 5.02 Å². The van der Waals surface area contributed by atoms with Gasteiger partial charge in [0.2, 0.25) is 0 Å². The number of aryl methyl sites for hydroxylation is 2. The van der Waals surface area contributed by atoms with Crippen LogP contribution in [0.25, 0.3) is 0 Å². The fourth-order valence-corrected chi connectivity index (χ4v) is 4.03. The molecule has 0 fully saturated rings. The third-order valence-electron chi connectivity index (χ3n) is 3.57. The van der Waals surface area contributed by atoms with Crippen molar-refractivity contribution >= 4 is 28.1 Å². The summed E-state index contributed by atoms with van der Waals surface area (Å²) in [5.41, 5.74) is 9.67. The van der Waals surface area contributed by atoms with Crippen molar-refractivity contribution in [3.63, 3.8) is 0 Å². The molecule has 1 aromatic heterocycles. The molecule has 1 heterocycles. The Morgan fingerprint density at radius 1 is 1.44 bits per heavy atom. The average molecular weight is 279 g/mol. The lowest BCUT2D eigenvalue weighted by Crippen LogP contribution is -2.10. The highest BCUT2D eigenvalue weighted by molar-refractivity contribution is 7.15. The van der Waals surface area contributed by atoms with Crippen LogP contribution < -0.4 is 5.73 Å². The molecule has 4 heteroatoms. The normalized spacial score (nSPS) is 18.7. The van der Waals surface area contributed by atoms with Gasteiger partial charge in [0.05, 0.1) is 5.69 Å². The Hall–Kier alpha value is -1.06. The third-order valence-corrected chi connectivity index (χ3v) is 4.85. The van der Waals surface area contributed by atoms with Crippen molar-refractivity contribution < 1.29 is 0 Å². The Labute approximate surface area is 116 Å². The zero-order chi connectivity index (χ0) is 12.7. The number of hydrogen-bond donors (Lipinski definition) is 1. The van der Waals surface area contributed by atoms with E-state index in [2.05, 4.69) is 18.0 Å². The van der Waals surface area contributed by atoms with E-state index in [0.717, 1.165) is 11.4 Å². The van der Waals surface area contributed by atoms with Gasteiger partial charge in [-0.1, -0.05) is 17.7 Å². The first-order valence-corrected chi connectivity index (χ1v) is 7.35. The van der Waals surface area contributed by atoms with E-state index >= 15 is 0 Å². The number of hydrogen-bond acceptors (Lipinski definition) is 3. The highest BCUT2D eigenvalue weighted by Gasteiger charge is 2.26. The van der Waals surface area contributed by atoms with E-state index in [4.69, 9.17) is 17.3 Å². The number of thiazole rings is 1. The highest BCUT2D eigenvalue weighted by atomic mass is 35.5. The fraction of sp³-hybridized carbons (Fsp3) is 0.357. The van der Waals surface area contributed by atoms with Crippen LogP contribution in [0.5, 0.6) is 0 Å². The minimum atomic E-state index is 0.445. The predicted molar refractivity (Wildman–Crippen MR) is 77.5 cm³/mol. The van der Waals surface area contributed by atoms with Gasteiger partial charge in [-0.05, 0) is 49.4 Å². The molecule has 1 aliphatic carbocycles. The predicted octanol–water partition coefficient (Wildman–Crippen LogP) is 4.16. The van der Waals surface area contributed by atoms with Gasteiger partial charge in [0.1, 0.15) is 0 Å². The van der Waals surface area contributed by atoms with Gasteiger partial charge in [-0.3, -0.25) is 0 Å². The van der Waals surface area contributed by atoms with Gasteiger partial charge in [0.25, 0.3) is 0 Å². The van der Waals surface area contributed by atoms with Gasteiger partial charge in [-0.15, -0.1) is 11.3 Å². The molecule has 0 amide bonds. The van der Waals surface area contributed by atoms with Crippen molar-refractivity contribution in [2.45, 2.75) is 32.1 Å². The molecular formula is C14H15ClN2S. The van der Waals surface area contributed by atoms with Crippen LogP contribution in [-0.4, -0.2) is 4.98 Å². The Bertz CT molecular complexity index is 591. The molecule has 0 saturated carbocycles. The molecule has 0 radical (unpaired) electrons. The van der Waals surface area contributed by atoms with E-state index in [9.17, 15) is 0 Å². The number of rotatable bonds is 1. The van der Waals surface area contributed by atoms with Gasteiger partial charge in [0, 0.05) is 15.8 Å². The second kappa shape index (κ2) is 4.56. The van der Waals surface area contributed by atoms with Crippen LogP contribution in [0, 0.1) is 6.92 Å². The molecular weight excluding hydrogens is 264 g/mol. The van der Waals surface area contributed by atoms with Crippen LogP contribution in [0.1, 0.15) is 40.5 Å². The van der Waals surface area contributed by atoms with Crippen molar-refractivity contribution in [1.82, 2.24) is 4.98 Å². The molecule has 3 rings (SSSR count). The summed E-state index contributed by atoms with van der Waals surface area (Å²) in [5, 5.41) is 1.50.